The molecule has 0 atom stereocenters. The van der Waals surface area contributed by atoms with E-state index < -0.39 is 0 Å². The first kappa shape index (κ1) is 14.1. The number of carbonyl (C=O) groups is 1. The molecule has 5 heteroatoms. The first-order chi connectivity index (χ1) is 9.54. The van der Waals surface area contributed by atoms with Crippen LogP contribution in [0.25, 0.3) is 0 Å². The smallest absolute Gasteiger partial charge is 0.228 e. The van der Waals surface area contributed by atoms with Crippen LogP contribution < -0.4 is 11.1 Å². The quantitative estimate of drug-likeness (QED) is 0.845. The van der Waals surface area contributed by atoms with E-state index >= 15 is 0 Å². The number of hydrogen-bond acceptors (Lipinski definition) is 3. The summed E-state index contributed by atoms with van der Waals surface area (Å²) in [6.07, 6.45) is 3.66. The van der Waals surface area contributed by atoms with E-state index in [-0.39, 0.29) is 5.91 Å². The van der Waals surface area contributed by atoms with Gasteiger partial charge in [0.2, 0.25) is 5.91 Å². The zero-order valence-corrected chi connectivity index (χ0v) is 11.9. The van der Waals surface area contributed by atoms with Crippen LogP contribution >= 0.6 is 12.2 Å². The molecule has 2 aromatic rings. The number of carbonyl (C=O) groups excluding carboxylic acids is 1. The second-order valence-electron chi connectivity index (χ2n) is 4.54. The maximum Gasteiger partial charge on any atom is 0.228 e. The number of thiocarbonyl (C=S) groups is 1. The number of nitrogens with one attached hydrogen (secondary N) is 1. The highest BCUT2D eigenvalue weighted by Crippen LogP contribution is 2.09. The Labute approximate surface area is 123 Å². The summed E-state index contributed by atoms with van der Waals surface area (Å²) in [5, 5.41) is 2.82. The predicted octanol–water partition coefficient (Wildman–Crippen LogP) is 2.21. The fraction of sp³-hybridized carbons (Fsp3) is 0.133. The second kappa shape index (κ2) is 6.25. The van der Waals surface area contributed by atoms with Gasteiger partial charge < -0.3 is 11.1 Å². The molecular formula is C15H15N3OS. The topological polar surface area (TPSA) is 68.0 Å². The van der Waals surface area contributed by atoms with E-state index in [2.05, 4.69) is 10.3 Å². The molecule has 0 fully saturated rings. The van der Waals surface area contributed by atoms with Gasteiger partial charge in [-0.3, -0.25) is 9.78 Å². The molecule has 0 spiro atoms. The van der Waals surface area contributed by atoms with Gasteiger partial charge in [0, 0.05) is 11.8 Å². The van der Waals surface area contributed by atoms with Crippen LogP contribution in [0, 0.1) is 6.92 Å². The van der Waals surface area contributed by atoms with E-state index in [9.17, 15) is 4.79 Å². The summed E-state index contributed by atoms with van der Waals surface area (Å²) in [4.78, 5) is 16.3. The van der Waals surface area contributed by atoms with Gasteiger partial charge in [0.1, 0.15) is 4.99 Å². The van der Waals surface area contributed by atoms with Crippen molar-refractivity contribution >= 4 is 28.8 Å². The van der Waals surface area contributed by atoms with Crippen molar-refractivity contribution in [2.24, 2.45) is 5.73 Å². The molecule has 20 heavy (non-hydrogen) atoms. The number of anilines is 1. The first-order valence-electron chi connectivity index (χ1n) is 6.15. The molecule has 4 nitrogen and oxygen atoms in total. The third kappa shape index (κ3) is 3.86. The molecule has 3 N–H and O–H groups in total. The summed E-state index contributed by atoms with van der Waals surface area (Å²) in [7, 11) is 0. The highest BCUT2D eigenvalue weighted by atomic mass is 32.1. The number of hydrogen-bond donors (Lipinski definition) is 2. The molecule has 0 aliphatic heterocycles. The van der Waals surface area contributed by atoms with Gasteiger partial charge in [-0.15, -0.1) is 0 Å². The van der Waals surface area contributed by atoms with Crippen LogP contribution in [0.1, 0.15) is 16.7 Å². The van der Waals surface area contributed by atoms with Gasteiger partial charge in [-0.1, -0.05) is 36.5 Å². The van der Waals surface area contributed by atoms with Gasteiger partial charge >= 0.3 is 0 Å². The van der Waals surface area contributed by atoms with Gasteiger partial charge in [-0.2, -0.15) is 0 Å². The zero-order chi connectivity index (χ0) is 14.5. The molecule has 0 saturated carbocycles. The molecule has 1 aromatic heterocycles. The van der Waals surface area contributed by atoms with Gasteiger partial charge in [-0.25, -0.2) is 0 Å². The number of pyridine rings is 1. The molecule has 1 amide bonds. The third-order valence-electron chi connectivity index (χ3n) is 2.76. The highest BCUT2D eigenvalue weighted by Gasteiger charge is 2.05. The van der Waals surface area contributed by atoms with Crippen LogP contribution in [0.15, 0.2) is 42.7 Å². The van der Waals surface area contributed by atoms with Crippen molar-refractivity contribution < 1.29 is 4.79 Å². The zero-order valence-electron chi connectivity index (χ0n) is 11.1. The lowest BCUT2D eigenvalue weighted by Crippen LogP contribution is -2.15. The number of benzene rings is 1. The van der Waals surface area contributed by atoms with Gasteiger partial charge in [0.05, 0.1) is 18.3 Å². The van der Waals surface area contributed by atoms with Crippen LogP contribution in [0.3, 0.4) is 0 Å². The van der Waals surface area contributed by atoms with E-state index in [0.29, 0.717) is 17.1 Å². The number of nitrogens with zero attached hydrogens (tertiary/aromatic N) is 1. The molecule has 0 aliphatic rings. The van der Waals surface area contributed by atoms with Crippen LogP contribution in [-0.4, -0.2) is 15.9 Å². The molecule has 1 heterocycles. The molecule has 1 aromatic carbocycles. The Bertz CT molecular complexity index is 638. The van der Waals surface area contributed by atoms with Crippen molar-refractivity contribution in [2.45, 2.75) is 13.3 Å². The first-order valence-corrected chi connectivity index (χ1v) is 6.55. The Kier molecular flexibility index (Phi) is 4.42. The van der Waals surface area contributed by atoms with Crippen LogP contribution in [0.5, 0.6) is 0 Å². The van der Waals surface area contributed by atoms with E-state index in [1.807, 2.05) is 37.3 Å². The van der Waals surface area contributed by atoms with Gasteiger partial charge in [0.25, 0.3) is 0 Å². The maximum atomic E-state index is 11.9. The highest BCUT2D eigenvalue weighted by molar-refractivity contribution is 7.80. The minimum absolute atomic E-state index is 0.0829. The molecule has 2 rings (SSSR count). The monoisotopic (exact) mass is 285 g/mol. The minimum Gasteiger partial charge on any atom is -0.389 e. The Hall–Kier alpha value is -2.27. The van der Waals surface area contributed by atoms with E-state index in [0.717, 1.165) is 16.7 Å². The van der Waals surface area contributed by atoms with E-state index in [1.165, 1.54) is 0 Å². The fourth-order valence-electron chi connectivity index (χ4n) is 1.80. The molecule has 0 bridgehead atoms. The normalized spacial score (nSPS) is 10.1. The number of amides is 1. The lowest BCUT2D eigenvalue weighted by molar-refractivity contribution is -0.115. The summed E-state index contributed by atoms with van der Waals surface area (Å²) in [5.74, 6) is -0.0829. The van der Waals surface area contributed by atoms with E-state index in [1.54, 1.807) is 12.4 Å². The average Bonchev–Trinajstić information content (AvgIpc) is 2.39. The Morgan fingerprint density at radius 1 is 1.30 bits per heavy atom. The van der Waals surface area contributed by atoms with Crippen LogP contribution in [-0.2, 0) is 11.2 Å². The summed E-state index contributed by atoms with van der Waals surface area (Å²) in [5.41, 5.74) is 8.94. The molecule has 102 valence electrons. The summed E-state index contributed by atoms with van der Waals surface area (Å²) in [6.45, 7) is 1.93. The fourth-order valence-corrected chi connectivity index (χ4v) is 1.94. The number of aromatic nitrogens is 1. The second-order valence-corrected chi connectivity index (χ2v) is 4.98. The average molecular weight is 285 g/mol. The summed E-state index contributed by atoms with van der Waals surface area (Å²) in [6, 6.07) is 9.21. The van der Waals surface area contributed by atoms with Gasteiger partial charge in [-0.05, 0) is 24.1 Å². The Morgan fingerprint density at radius 2 is 2.00 bits per heavy atom. The van der Waals surface area contributed by atoms with Crippen LogP contribution in [0.4, 0.5) is 5.69 Å². The minimum atomic E-state index is -0.0829. The molecule has 0 unspecified atom stereocenters. The standard InChI is InChI=1S/C15H15N3OS/c1-10-6-13(9-17-8-10)18-14(19)7-11-2-4-12(5-3-11)15(16)20/h2-6,8-9H,7H2,1H3,(H2,16,20)(H,18,19). The van der Waals surface area contributed by atoms with Crippen molar-refractivity contribution in [3.8, 4) is 0 Å². The molecule has 0 aliphatic carbocycles. The van der Waals surface area contributed by atoms with Crippen molar-refractivity contribution in [1.82, 2.24) is 4.98 Å². The Morgan fingerprint density at radius 3 is 2.60 bits per heavy atom. The molecule has 0 radical (unpaired) electrons. The molecule has 0 saturated heterocycles. The van der Waals surface area contributed by atoms with Gasteiger partial charge in [0.15, 0.2) is 0 Å². The SMILES string of the molecule is Cc1cncc(NC(=O)Cc2ccc(C(N)=S)cc2)c1. The number of rotatable bonds is 4. The van der Waals surface area contributed by atoms with Crippen molar-refractivity contribution in [1.29, 1.82) is 0 Å². The Balaban J connectivity index is 1.99. The van der Waals surface area contributed by atoms with E-state index in [4.69, 9.17) is 18.0 Å². The maximum absolute atomic E-state index is 11.9. The predicted molar refractivity (Wildman–Crippen MR) is 83.6 cm³/mol. The summed E-state index contributed by atoms with van der Waals surface area (Å²) < 4.78 is 0. The van der Waals surface area contributed by atoms with Crippen molar-refractivity contribution in [2.75, 3.05) is 5.32 Å². The lowest BCUT2D eigenvalue weighted by Gasteiger charge is -2.06. The third-order valence-corrected chi connectivity index (χ3v) is 3.00. The largest absolute Gasteiger partial charge is 0.389 e. The van der Waals surface area contributed by atoms with Crippen LogP contribution in [0.2, 0.25) is 0 Å². The van der Waals surface area contributed by atoms with Crippen molar-refractivity contribution in [3.05, 3.63) is 59.4 Å². The number of aryl methyl sites for hydroxylation is 1. The lowest BCUT2D eigenvalue weighted by atomic mass is 10.1. The molecular weight excluding hydrogens is 270 g/mol. The van der Waals surface area contributed by atoms with Crippen molar-refractivity contribution in [3.63, 3.8) is 0 Å². The number of nitrogens with two attached hydrogens (primary N) is 1. The summed E-state index contributed by atoms with van der Waals surface area (Å²) >= 11 is 4.88.